The first-order chi connectivity index (χ1) is 10.6. The first-order valence-electron chi connectivity index (χ1n) is 6.32. The van der Waals surface area contributed by atoms with Gasteiger partial charge in [0.1, 0.15) is 17.8 Å². The van der Waals surface area contributed by atoms with Crippen LogP contribution in [0.4, 0.5) is 11.5 Å². The second kappa shape index (κ2) is 6.98. The Morgan fingerprint density at radius 2 is 2.00 bits per heavy atom. The molecule has 0 radical (unpaired) electrons. The van der Waals surface area contributed by atoms with E-state index in [0.29, 0.717) is 0 Å². The van der Waals surface area contributed by atoms with Gasteiger partial charge in [0, 0.05) is 12.1 Å². The van der Waals surface area contributed by atoms with E-state index in [1.807, 2.05) is 12.1 Å². The Labute approximate surface area is 126 Å². The summed E-state index contributed by atoms with van der Waals surface area (Å²) < 4.78 is 5.04. The summed E-state index contributed by atoms with van der Waals surface area (Å²) in [5.74, 6) is 0.601. The number of amides is 1. The molecule has 0 spiro atoms. The van der Waals surface area contributed by atoms with Crippen LogP contribution in [0.3, 0.4) is 0 Å². The van der Waals surface area contributed by atoms with Crippen molar-refractivity contribution in [2.75, 3.05) is 12.4 Å². The zero-order chi connectivity index (χ0) is 15.9. The highest BCUT2D eigenvalue weighted by Crippen LogP contribution is 2.13. The number of hydrogen-bond donors (Lipinski definition) is 1. The molecule has 0 saturated heterocycles. The number of ether oxygens (including phenoxy) is 1. The van der Waals surface area contributed by atoms with Gasteiger partial charge < -0.3 is 10.1 Å². The minimum atomic E-state index is -0.553. The fourth-order valence-electron chi connectivity index (χ4n) is 1.62. The number of nitrogens with zero attached hydrogens (tertiary/aromatic N) is 2. The van der Waals surface area contributed by atoms with Gasteiger partial charge in [0.25, 0.3) is 5.69 Å². The highest BCUT2D eigenvalue weighted by atomic mass is 16.6. The molecule has 2 aromatic rings. The molecule has 0 saturated carbocycles. The molecule has 0 atom stereocenters. The average molecular weight is 299 g/mol. The normalized spacial score (nSPS) is 10.4. The van der Waals surface area contributed by atoms with Gasteiger partial charge >= 0.3 is 0 Å². The van der Waals surface area contributed by atoms with E-state index < -0.39 is 4.92 Å². The van der Waals surface area contributed by atoms with Crippen molar-refractivity contribution in [1.29, 1.82) is 0 Å². The van der Waals surface area contributed by atoms with Gasteiger partial charge in [-0.15, -0.1) is 0 Å². The standard InChI is InChI=1S/C15H13N3O4/c1-22-13-6-2-11(3-7-13)4-9-15(19)17-14-8-5-12(10-16-14)18(20)21/h2-10H,1H3,(H,16,17,19)/b9-4+. The minimum Gasteiger partial charge on any atom is -0.497 e. The highest BCUT2D eigenvalue weighted by molar-refractivity contribution is 6.01. The van der Waals surface area contributed by atoms with Gasteiger partial charge in [-0.25, -0.2) is 4.98 Å². The van der Waals surface area contributed by atoms with Gasteiger partial charge in [-0.05, 0) is 29.8 Å². The summed E-state index contributed by atoms with van der Waals surface area (Å²) >= 11 is 0. The molecule has 1 aromatic heterocycles. The molecule has 0 aliphatic heterocycles. The number of aromatic nitrogens is 1. The summed E-state index contributed by atoms with van der Waals surface area (Å²) in [7, 11) is 1.58. The lowest BCUT2D eigenvalue weighted by Crippen LogP contribution is -2.09. The van der Waals surface area contributed by atoms with Crippen LogP contribution in [0, 0.1) is 10.1 Å². The van der Waals surface area contributed by atoms with Crippen molar-refractivity contribution < 1.29 is 14.5 Å². The van der Waals surface area contributed by atoms with Crippen LogP contribution >= 0.6 is 0 Å². The summed E-state index contributed by atoms with van der Waals surface area (Å²) in [6, 6.07) is 9.84. The maximum Gasteiger partial charge on any atom is 0.287 e. The van der Waals surface area contributed by atoms with Crippen molar-refractivity contribution in [3.05, 3.63) is 64.3 Å². The van der Waals surface area contributed by atoms with Gasteiger partial charge in [0.05, 0.1) is 12.0 Å². The third kappa shape index (κ3) is 4.14. The molecule has 0 aliphatic rings. The predicted molar refractivity (Wildman–Crippen MR) is 81.5 cm³/mol. The third-order valence-corrected chi connectivity index (χ3v) is 2.75. The number of methoxy groups -OCH3 is 1. The quantitative estimate of drug-likeness (QED) is 0.520. The van der Waals surface area contributed by atoms with E-state index in [1.54, 1.807) is 25.3 Å². The summed E-state index contributed by atoms with van der Waals surface area (Å²) in [5, 5.41) is 13.0. The number of rotatable bonds is 5. The number of carbonyl (C=O) groups is 1. The van der Waals surface area contributed by atoms with E-state index in [0.717, 1.165) is 17.5 Å². The second-order valence-electron chi connectivity index (χ2n) is 4.25. The zero-order valence-electron chi connectivity index (χ0n) is 11.7. The average Bonchev–Trinajstić information content (AvgIpc) is 2.54. The van der Waals surface area contributed by atoms with E-state index in [-0.39, 0.29) is 17.4 Å². The molecular formula is C15H13N3O4. The molecule has 22 heavy (non-hydrogen) atoms. The lowest BCUT2D eigenvalue weighted by molar-refractivity contribution is -0.385. The summed E-state index contributed by atoms with van der Waals surface area (Å²) in [5.41, 5.74) is 0.708. The van der Waals surface area contributed by atoms with Crippen molar-refractivity contribution in [3.63, 3.8) is 0 Å². The molecule has 7 nitrogen and oxygen atoms in total. The summed E-state index contributed by atoms with van der Waals surface area (Å²) in [6.07, 6.45) is 4.08. The molecule has 112 valence electrons. The number of hydrogen-bond acceptors (Lipinski definition) is 5. The molecule has 0 bridgehead atoms. The summed E-state index contributed by atoms with van der Waals surface area (Å²) in [6.45, 7) is 0. The Kier molecular flexibility index (Phi) is 4.81. The van der Waals surface area contributed by atoms with Crippen molar-refractivity contribution in [1.82, 2.24) is 4.98 Å². The largest absolute Gasteiger partial charge is 0.497 e. The smallest absolute Gasteiger partial charge is 0.287 e. The number of nitrogens with one attached hydrogen (secondary N) is 1. The van der Waals surface area contributed by atoms with E-state index in [4.69, 9.17) is 4.74 Å². The second-order valence-corrected chi connectivity index (χ2v) is 4.25. The molecule has 1 aromatic carbocycles. The van der Waals surface area contributed by atoms with Gasteiger partial charge in [-0.3, -0.25) is 14.9 Å². The topological polar surface area (TPSA) is 94.4 Å². The monoisotopic (exact) mass is 299 g/mol. The Balaban J connectivity index is 1.96. The highest BCUT2D eigenvalue weighted by Gasteiger charge is 2.06. The third-order valence-electron chi connectivity index (χ3n) is 2.75. The van der Waals surface area contributed by atoms with Crippen LogP contribution in [-0.2, 0) is 4.79 Å². The van der Waals surface area contributed by atoms with Crippen LogP contribution in [0.15, 0.2) is 48.7 Å². The lowest BCUT2D eigenvalue weighted by atomic mass is 10.2. The maximum absolute atomic E-state index is 11.7. The number of pyridine rings is 1. The first kappa shape index (κ1) is 15.2. The fraction of sp³-hybridized carbons (Fsp3) is 0.0667. The maximum atomic E-state index is 11.7. The molecule has 2 rings (SSSR count). The minimum absolute atomic E-state index is 0.133. The molecule has 0 unspecified atom stereocenters. The van der Waals surface area contributed by atoms with E-state index in [9.17, 15) is 14.9 Å². The van der Waals surface area contributed by atoms with Gasteiger partial charge in [-0.2, -0.15) is 0 Å². The zero-order valence-corrected chi connectivity index (χ0v) is 11.7. The van der Waals surface area contributed by atoms with Crippen LogP contribution in [0.5, 0.6) is 5.75 Å². The molecule has 0 fully saturated rings. The molecular weight excluding hydrogens is 286 g/mol. The van der Waals surface area contributed by atoms with Crippen molar-refractivity contribution in [2.24, 2.45) is 0 Å². The molecule has 7 heteroatoms. The Morgan fingerprint density at radius 3 is 2.55 bits per heavy atom. The number of carbonyl (C=O) groups excluding carboxylic acids is 1. The van der Waals surface area contributed by atoms with Crippen LogP contribution in [0.25, 0.3) is 6.08 Å². The molecule has 0 aliphatic carbocycles. The number of anilines is 1. The first-order valence-corrected chi connectivity index (χ1v) is 6.32. The molecule has 1 heterocycles. The number of benzene rings is 1. The van der Waals surface area contributed by atoms with E-state index in [1.165, 1.54) is 18.2 Å². The van der Waals surface area contributed by atoms with Crippen LogP contribution in [0.2, 0.25) is 0 Å². The van der Waals surface area contributed by atoms with Crippen LogP contribution < -0.4 is 10.1 Å². The van der Waals surface area contributed by atoms with Crippen molar-refractivity contribution >= 4 is 23.5 Å². The van der Waals surface area contributed by atoms with E-state index in [2.05, 4.69) is 10.3 Å². The lowest BCUT2D eigenvalue weighted by Gasteiger charge is -2.01. The van der Waals surface area contributed by atoms with Crippen molar-refractivity contribution in [3.8, 4) is 5.75 Å². The molecule has 1 amide bonds. The van der Waals surface area contributed by atoms with Gasteiger partial charge in [0.2, 0.25) is 5.91 Å². The van der Waals surface area contributed by atoms with Crippen LogP contribution in [-0.4, -0.2) is 22.9 Å². The fourth-order valence-corrected chi connectivity index (χ4v) is 1.62. The van der Waals surface area contributed by atoms with Crippen molar-refractivity contribution in [2.45, 2.75) is 0 Å². The number of nitro groups is 1. The SMILES string of the molecule is COc1ccc(/C=C/C(=O)Nc2ccc([N+](=O)[O-])cn2)cc1. The van der Waals surface area contributed by atoms with Crippen LogP contribution in [0.1, 0.15) is 5.56 Å². The van der Waals surface area contributed by atoms with Gasteiger partial charge in [-0.1, -0.05) is 12.1 Å². The Bertz CT molecular complexity index is 694. The van der Waals surface area contributed by atoms with Gasteiger partial charge in [0.15, 0.2) is 0 Å². The molecule has 1 N–H and O–H groups in total. The predicted octanol–water partition coefficient (Wildman–Crippen LogP) is 2.65. The summed E-state index contributed by atoms with van der Waals surface area (Å²) in [4.78, 5) is 25.5. The Hall–Kier alpha value is -3.22. The Morgan fingerprint density at radius 1 is 1.27 bits per heavy atom. The van der Waals surface area contributed by atoms with E-state index >= 15 is 0 Å².